The number of rotatable bonds is 2. The highest BCUT2D eigenvalue weighted by Gasteiger charge is 2.30. The summed E-state index contributed by atoms with van der Waals surface area (Å²) >= 11 is 0. The van der Waals surface area contributed by atoms with Crippen molar-refractivity contribution in [2.24, 2.45) is 5.10 Å². The fraction of sp³-hybridized carbons (Fsp3) is 0.545. The average molecular weight is 266 g/mol. The van der Waals surface area contributed by atoms with Crippen LogP contribution in [0.3, 0.4) is 0 Å². The van der Waals surface area contributed by atoms with Gasteiger partial charge in [0.1, 0.15) is 11.8 Å². The van der Waals surface area contributed by atoms with Crippen molar-refractivity contribution in [2.75, 3.05) is 7.05 Å². The molecule has 4 amide bonds. The first-order valence-corrected chi connectivity index (χ1v) is 5.96. The van der Waals surface area contributed by atoms with Gasteiger partial charge in [-0.15, -0.1) is 0 Å². The molecule has 2 aliphatic heterocycles. The van der Waals surface area contributed by atoms with Gasteiger partial charge in [0.2, 0.25) is 17.7 Å². The lowest BCUT2D eigenvalue weighted by Crippen LogP contribution is -2.54. The van der Waals surface area contributed by atoms with E-state index in [1.807, 2.05) is 0 Å². The number of nitrogens with zero attached hydrogens (tertiary/aromatic N) is 2. The Labute approximate surface area is 109 Å². The molecule has 0 aromatic rings. The maximum absolute atomic E-state index is 11.9. The van der Waals surface area contributed by atoms with Crippen molar-refractivity contribution >= 4 is 29.3 Å². The van der Waals surface area contributed by atoms with Gasteiger partial charge in [0.25, 0.3) is 5.91 Å². The number of nitrogens with one attached hydrogen (secondary N) is 2. The molecule has 0 aromatic heterocycles. The Balaban J connectivity index is 1.98. The SMILES string of the molecule is CN1N=C(C(=O)NC2CCC(=O)NC2=O)CCC1=O. The van der Waals surface area contributed by atoms with Gasteiger partial charge in [-0.3, -0.25) is 24.5 Å². The van der Waals surface area contributed by atoms with Gasteiger partial charge < -0.3 is 5.32 Å². The molecule has 0 saturated carbocycles. The third-order valence-corrected chi connectivity index (χ3v) is 3.01. The number of imide groups is 1. The van der Waals surface area contributed by atoms with E-state index in [-0.39, 0.29) is 43.2 Å². The topological polar surface area (TPSA) is 108 Å². The summed E-state index contributed by atoms with van der Waals surface area (Å²) in [5.41, 5.74) is 0.215. The molecule has 8 nitrogen and oxygen atoms in total. The first kappa shape index (κ1) is 13.2. The van der Waals surface area contributed by atoms with Crippen molar-refractivity contribution < 1.29 is 19.2 Å². The molecule has 0 aromatic carbocycles. The third kappa shape index (κ3) is 2.95. The van der Waals surface area contributed by atoms with Gasteiger partial charge in [-0.25, -0.2) is 5.01 Å². The largest absolute Gasteiger partial charge is 0.339 e. The summed E-state index contributed by atoms with van der Waals surface area (Å²) < 4.78 is 0. The molecule has 2 rings (SSSR count). The molecule has 1 fully saturated rings. The number of amides is 4. The van der Waals surface area contributed by atoms with E-state index in [0.717, 1.165) is 5.01 Å². The van der Waals surface area contributed by atoms with Crippen LogP contribution >= 0.6 is 0 Å². The summed E-state index contributed by atoms with van der Waals surface area (Å²) in [6.45, 7) is 0. The van der Waals surface area contributed by atoms with Crippen molar-refractivity contribution in [1.82, 2.24) is 15.6 Å². The molecule has 1 unspecified atom stereocenters. The minimum atomic E-state index is -0.726. The molecule has 2 aliphatic rings. The smallest absolute Gasteiger partial charge is 0.268 e. The van der Waals surface area contributed by atoms with Gasteiger partial charge >= 0.3 is 0 Å². The zero-order chi connectivity index (χ0) is 14.0. The molecule has 19 heavy (non-hydrogen) atoms. The third-order valence-electron chi connectivity index (χ3n) is 3.01. The quantitative estimate of drug-likeness (QED) is 0.594. The molecular formula is C11H14N4O4. The molecule has 102 valence electrons. The Morgan fingerprint density at radius 2 is 2.05 bits per heavy atom. The van der Waals surface area contributed by atoms with E-state index < -0.39 is 17.9 Å². The lowest BCUT2D eigenvalue weighted by molar-refractivity contribution is -0.136. The van der Waals surface area contributed by atoms with Crippen LogP contribution in [-0.2, 0) is 19.2 Å². The molecular weight excluding hydrogens is 252 g/mol. The Morgan fingerprint density at radius 1 is 1.32 bits per heavy atom. The molecule has 0 radical (unpaired) electrons. The summed E-state index contributed by atoms with van der Waals surface area (Å²) in [7, 11) is 1.47. The van der Waals surface area contributed by atoms with Crippen molar-refractivity contribution in [2.45, 2.75) is 31.7 Å². The Hall–Kier alpha value is -2.25. The second kappa shape index (κ2) is 5.17. The number of carbonyl (C=O) groups excluding carboxylic acids is 4. The van der Waals surface area contributed by atoms with Crippen molar-refractivity contribution in [3.05, 3.63) is 0 Å². The Bertz CT molecular complexity index is 485. The van der Waals surface area contributed by atoms with E-state index >= 15 is 0 Å². The number of hydrazone groups is 1. The van der Waals surface area contributed by atoms with Gasteiger partial charge in [-0.2, -0.15) is 5.10 Å². The predicted molar refractivity (Wildman–Crippen MR) is 63.8 cm³/mol. The second-order valence-corrected chi connectivity index (χ2v) is 4.44. The number of piperidine rings is 1. The van der Waals surface area contributed by atoms with Gasteiger partial charge in [-0.05, 0) is 6.42 Å². The fourth-order valence-corrected chi connectivity index (χ4v) is 1.91. The highest BCUT2D eigenvalue weighted by molar-refractivity contribution is 6.40. The van der Waals surface area contributed by atoms with Crippen molar-refractivity contribution in [1.29, 1.82) is 0 Å². The summed E-state index contributed by atoms with van der Waals surface area (Å²) in [4.78, 5) is 45.6. The van der Waals surface area contributed by atoms with E-state index in [4.69, 9.17) is 0 Å². The molecule has 0 bridgehead atoms. The normalized spacial score (nSPS) is 23.8. The van der Waals surface area contributed by atoms with E-state index in [1.54, 1.807) is 0 Å². The minimum Gasteiger partial charge on any atom is -0.339 e. The average Bonchev–Trinajstić information content (AvgIpc) is 2.36. The van der Waals surface area contributed by atoms with Crippen LogP contribution in [-0.4, -0.2) is 47.4 Å². The summed E-state index contributed by atoms with van der Waals surface area (Å²) in [5.74, 6) is -1.48. The molecule has 2 N–H and O–H groups in total. The van der Waals surface area contributed by atoms with Crippen LogP contribution in [0, 0.1) is 0 Å². The van der Waals surface area contributed by atoms with E-state index in [2.05, 4.69) is 15.7 Å². The molecule has 1 saturated heterocycles. The Morgan fingerprint density at radius 3 is 2.68 bits per heavy atom. The maximum atomic E-state index is 11.9. The lowest BCUT2D eigenvalue weighted by atomic mass is 10.1. The van der Waals surface area contributed by atoms with Gasteiger partial charge in [0, 0.05) is 26.3 Å². The zero-order valence-corrected chi connectivity index (χ0v) is 10.4. The molecule has 0 spiro atoms. The predicted octanol–water partition coefficient (Wildman–Crippen LogP) is -1.48. The second-order valence-electron chi connectivity index (χ2n) is 4.44. The van der Waals surface area contributed by atoms with Crippen LogP contribution in [0.15, 0.2) is 5.10 Å². The van der Waals surface area contributed by atoms with Crippen molar-refractivity contribution in [3.8, 4) is 0 Å². The number of hydrogen-bond acceptors (Lipinski definition) is 5. The minimum absolute atomic E-state index is 0.155. The summed E-state index contributed by atoms with van der Waals surface area (Å²) in [6, 6.07) is -0.726. The first-order chi connectivity index (χ1) is 8.97. The van der Waals surface area contributed by atoms with Crippen molar-refractivity contribution in [3.63, 3.8) is 0 Å². The van der Waals surface area contributed by atoms with E-state index in [0.29, 0.717) is 0 Å². The summed E-state index contributed by atoms with van der Waals surface area (Å²) in [5, 5.41) is 9.65. The van der Waals surface area contributed by atoms with Crippen LogP contribution in [0.1, 0.15) is 25.7 Å². The van der Waals surface area contributed by atoms with Crippen LogP contribution in [0.25, 0.3) is 0 Å². The van der Waals surface area contributed by atoms with Gasteiger partial charge in [0.15, 0.2) is 0 Å². The standard InChI is InChI=1S/C11H14N4O4/c1-15-9(17)5-3-7(14-15)11(19)12-6-2-4-8(16)13-10(6)18/h6H,2-5H2,1H3,(H,12,19)(H,13,16,18). The Kier molecular flexibility index (Phi) is 3.59. The zero-order valence-electron chi connectivity index (χ0n) is 10.4. The number of hydrogen-bond donors (Lipinski definition) is 2. The fourth-order valence-electron chi connectivity index (χ4n) is 1.91. The molecule has 1 atom stereocenters. The first-order valence-electron chi connectivity index (χ1n) is 5.96. The molecule has 0 aliphatic carbocycles. The van der Waals surface area contributed by atoms with Gasteiger partial charge in [-0.1, -0.05) is 0 Å². The van der Waals surface area contributed by atoms with Gasteiger partial charge in [0.05, 0.1) is 0 Å². The highest BCUT2D eigenvalue weighted by Crippen LogP contribution is 2.09. The number of carbonyl (C=O) groups is 4. The summed E-state index contributed by atoms with van der Waals surface area (Å²) in [6.07, 6.45) is 0.945. The van der Waals surface area contributed by atoms with Crippen LogP contribution in [0.4, 0.5) is 0 Å². The molecule has 2 heterocycles. The monoisotopic (exact) mass is 266 g/mol. The van der Waals surface area contributed by atoms with E-state index in [1.165, 1.54) is 7.05 Å². The lowest BCUT2D eigenvalue weighted by Gasteiger charge is -2.23. The molecule has 8 heteroatoms. The van der Waals surface area contributed by atoms with E-state index in [9.17, 15) is 19.2 Å². The highest BCUT2D eigenvalue weighted by atomic mass is 16.2. The maximum Gasteiger partial charge on any atom is 0.268 e. The van der Waals surface area contributed by atoms with Crippen LogP contribution in [0.2, 0.25) is 0 Å². The van der Waals surface area contributed by atoms with Crippen LogP contribution in [0.5, 0.6) is 0 Å². The van der Waals surface area contributed by atoms with Crippen LogP contribution < -0.4 is 10.6 Å².